The molecule has 1 aromatic carbocycles. The van der Waals surface area contributed by atoms with Crippen LogP contribution in [0.2, 0.25) is 0 Å². The Labute approximate surface area is 263 Å². The van der Waals surface area contributed by atoms with Crippen molar-refractivity contribution in [1.29, 1.82) is 0 Å². The lowest BCUT2D eigenvalue weighted by molar-refractivity contribution is 0.977. The van der Waals surface area contributed by atoms with E-state index in [9.17, 15) is 0 Å². The second kappa shape index (κ2) is 11.5. The molecule has 1 N–H and O–H groups in total. The van der Waals surface area contributed by atoms with Gasteiger partial charge in [-0.3, -0.25) is 8.80 Å². The van der Waals surface area contributed by atoms with Gasteiger partial charge >= 0.3 is 0 Å². The third-order valence-corrected chi connectivity index (χ3v) is 9.14. The number of aromatic nitrogens is 8. The maximum atomic E-state index is 4.56. The summed E-state index contributed by atoms with van der Waals surface area (Å²) in [5.74, 6) is 1.76. The first-order valence-corrected chi connectivity index (χ1v) is 17.0. The Hall–Kier alpha value is -1.94. The zero-order valence-corrected chi connectivity index (χ0v) is 27.7. The van der Waals surface area contributed by atoms with Gasteiger partial charge in [0.2, 0.25) is 0 Å². The van der Waals surface area contributed by atoms with E-state index in [1.54, 1.807) is 23.5 Å². The topological polar surface area (TPSA) is 89.1 Å². The molecule has 0 saturated heterocycles. The number of hydrogen-bond donors (Lipinski definition) is 1. The Morgan fingerprint density at radius 3 is 2.05 bits per heavy atom. The summed E-state index contributed by atoms with van der Waals surface area (Å²) in [5, 5.41) is 1.85. The molecule has 13 heteroatoms. The van der Waals surface area contributed by atoms with Crippen LogP contribution in [0.25, 0.3) is 33.8 Å². The highest BCUT2D eigenvalue weighted by Crippen LogP contribution is 2.39. The van der Waals surface area contributed by atoms with Crippen molar-refractivity contribution in [3.05, 3.63) is 74.0 Å². The average molecular weight is 796 g/mol. The zero-order valence-electron chi connectivity index (χ0n) is 20.8. The molecular weight excluding hydrogens is 775 g/mol. The lowest BCUT2D eigenvalue weighted by atomic mass is 10.1. The van der Waals surface area contributed by atoms with E-state index in [-0.39, 0.29) is 0 Å². The number of hydrogen-bond acceptors (Lipinski definition) is 7. The van der Waals surface area contributed by atoms with Crippen molar-refractivity contribution in [3.8, 4) is 22.5 Å². The molecule has 0 aliphatic heterocycles. The molecule has 8 nitrogen and oxygen atoms in total. The first-order valence-electron chi connectivity index (χ1n) is 11.9. The van der Waals surface area contributed by atoms with Gasteiger partial charge in [-0.1, -0.05) is 24.3 Å². The third-order valence-electron chi connectivity index (χ3n) is 6.26. The van der Waals surface area contributed by atoms with Gasteiger partial charge in [-0.05, 0) is 85.4 Å². The maximum Gasteiger partial charge on any atom is 0.170 e. The number of aromatic amines is 1. The highest BCUT2D eigenvalue weighted by Gasteiger charge is 2.26. The van der Waals surface area contributed by atoms with Crippen molar-refractivity contribution < 1.29 is 0 Å². The number of thioether (sulfide) groups is 2. The summed E-state index contributed by atoms with van der Waals surface area (Å²) in [7, 11) is 0. The summed E-state index contributed by atoms with van der Waals surface area (Å²) in [6.07, 6.45) is 16.1. The number of rotatable bonds is 5. The molecule has 0 amide bonds. The minimum Gasteiger partial charge on any atom is -0.342 e. The molecule has 0 spiro atoms. The number of benzene rings is 1. The van der Waals surface area contributed by atoms with Crippen molar-refractivity contribution in [1.82, 2.24) is 38.7 Å². The number of imidazole rings is 3. The van der Waals surface area contributed by atoms with E-state index in [2.05, 4.69) is 113 Å². The predicted molar refractivity (Wildman–Crippen MR) is 173 cm³/mol. The third kappa shape index (κ3) is 5.65. The standard InChI is InChI=1S/C19H16BrN5S.C7H5BrIN3S/c1-26-19-18-22-9-15(25(18)10-16(20)24-19)12-4-2-11(3-5-12)14-8-21-17(23-14)13-6-7-13;1-13-7-6-10-2-5(9)12(6)3-4(8)11-7/h2-5,8-10,13H,6-7H2,1H3,(H,21,23);2-3H,1H3. The van der Waals surface area contributed by atoms with E-state index in [0.717, 1.165) is 62.6 Å². The van der Waals surface area contributed by atoms with Gasteiger partial charge in [-0.25, -0.2) is 24.9 Å². The van der Waals surface area contributed by atoms with Gasteiger partial charge in [0.25, 0.3) is 0 Å². The SMILES string of the molecule is CSc1nc(Br)cn2c(-c3ccc(-c4cnc(C5CC5)[nH]4)cc3)cnc12.CSc1nc(Br)cn2c(I)cnc12. The van der Waals surface area contributed by atoms with Crippen molar-refractivity contribution in [3.63, 3.8) is 0 Å². The molecule has 1 saturated carbocycles. The summed E-state index contributed by atoms with van der Waals surface area (Å²) in [6.45, 7) is 0. The van der Waals surface area contributed by atoms with E-state index in [1.165, 1.54) is 12.8 Å². The van der Waals surface area contributed by atoms with Crippen LogP contribution in [0.1, 0.15) is 24.6 Å². The van der Waals surface area contributed by atoms with Crippen molar-refractivity contribution in [2.45, 2.75) is 28.8 Å². The van der Waals surface area contributed by atoms with Crippen molar-refractivity contribution in [2.75, 3.05) is 12.5 Å². The number of H-pyrrole nitrogens is 1. The summed E-state index contributed by atoms with van der Waals surface area (Å²) in [4.78, 5) is 25.6. The maximum absolute atomic E-state index is 4.56. The van der Waals surface area contributed by atoms with Gasteiger partial charge in [0.15, 0.2) is 11.3 Å². The van der Waals surface area contributed by atoms with Gasteiger partial charge in [0.05, 0.1) is 30.0 Å². The van der Waals surface area contributed by atoms with E-state index in [4.69, 9.17) is 0 Å². The molecule has 0 unspecified atom stereocenters. The van der Waals surface area contributed by atoms with Crippen LogP contribution in [-0.4, -0.2) is 51.2 Å². The molecule has 0 atom stereocenters. The van der Waals surface area contributed by atoms with E-state index >= 15 is 0 Å². The Morgan fingerprint density at radius 1 is 0.821 bits per heavy atom. The molecule has 6 aromatic rings. The quantitative estimate of drug-likeness (QED) is 0.140. The van der Waals surface area contributed by atoms with Gasteiger partial charge < -0.3 is 4.98 Å². The Kier molecular flexibility index (Phi) is 8.04. The normalized spacial score (nSPS) is 13.2. The smallest absolute Gasteiger partial charge is 0.170 e. The lowest BCUT2D eigenvalue weighted by Gasteiger charge is -2.06. The first kappa shape index (κ1) is 27.2. The fourth-order valence-electron chi connectivity index (χ4n) is 4.19. The van der Waals surface area contributed by atoms with Crippen LogP contribution in [0.4, 0.5) is 0 Å². The van der Waals surface area contributed by atoms with Crippen LogP contribution in [0.5, 0.6) is 0 Å². The van der Waals surface area contributed by atoms with Gasteiger partial charge in [-0.2, -0.15) is 0 Å². The van der Waals surface area contributed by atoms with Crippen LogP contribution < -0.4 is 0 Å². The van der Waals surface area contributed by atoms with Gasteiger partial charge in [-0.15, -0.1) is 23.5 Å². The lowest BCUT2D eigenvalue weighted by Crippen LogP contribution is -1.94. The van der Waals surface area contributed by atoms with Crippen LogP contribution >= 0.6 is 78.0 Å². The summed E-state index contributed by atoms with van der Waals surface area (Å²) in [5.41, 5.74) is 6.19. The largest absolute Gasteiger partial charge is 0.342 e. The highest BCUT2D eigenvalue weighted by atomic mass is 127. The average Bonchev–Trinajstić information content (AvgIpc) is 3.34. The van der Waals surface area contributed by atoms with Crippen molar-refractivity contribution >= 4 is 89.3 Å². The molecule has 0 bridgehead atoms. The molecule has 1 aliphatic rings. The predicted octanol–water partition coefficient (Wildman–Crippen LogP) is 7.97. The van der Waals surface area contributed by atoms with Gasteiger partial charge in [0, 0.05) is 23.9 Å². The van der Waals surface area contributed by atoms with E-state index in [0.29, 0.717) is 5.92 Å². The molecule has 1 aliphatic carbocycles. The fraction of sp³-hybridized carbons (Fsp3) is 0.192. The minimum atomic E-state index is 0.638. The Balaban J connectivity index is 0.000000179. The summed E-state index contributed by atoms with van der Waals surface area (Å²) >= 11 is 12.3. The van der Waals surface area contributed by atoms with Crippen LogP contribution in [0.3, 0.4) is 0 Å². The number of halogens is 3. The fourth-order valence-corrected chi connectivity index (χ4v) is 6.74. The number of nitrogens with zero attached hydrogens (tertiary/aromatic N) is 7. The molecule has 1 fully saturated rings. The summed E-state index contributed by atoms with van der Waals surface area (Å²) in [6, 6.07) is 8.52. The van der Waals surface area contributed by atoms with Crippen LogP contribution in [0, 0.1) is 3.70 Å². The first-order chi connectivity index (χ1) is 18.9. The van der Waals surface area contributed by atoms with Crippen LogP contribution in [-0.2, 0) is 0 Å². The molecular formula is C26H21Br2IN8S2. The number of fused-ring (bicyclic) bond motifs is 2. The molecule has 198 valence electrons. The summed E-state index contributed by atoms with van der Waals surface area (Å²) < 4.78 is 6.82. The zero-order chi connectivity index (χ0) is 27.1. The van der Waals surface area contributed by atoms with Gasteiger partial charge in [0.1, 0.15) is 28.8 Å². The molecule has 7 rings (SSSR count). The minimum absolute atomic E-state index is 0.638. The molecule has 39 heavy (non-hydrogen) atoms. The number of nitrogens with one attached hydrogen (secondary N) is 1. The second-order valence-electron chi connectivity index (χ2n) is 8.79. The second-order valence-corrected chi connectivity index (χ2v) is 13.1. The Bertz CT molecular complexity index is 1790. The van der Waals surface area contributed by atoms with E-state index < -0.39 is 0 Å². The molecule has 5 heterocycles. The molecule has 5 aromatic heterocycles. The monoisotopic (exact) mass is 794 g/mol. The van der Waals surface area contributed by atoms with E-state index in [1.807, 2.05) is 47.9 Å². The molecule has 0 radical (unpaired) electrons. The van der Waals surface area contributed by atoms with Crippen LogP contribution in [0.15, 0.2) is 74.5 Å². The highest BCUT2D eigenvalue weighted by molar-refractivity contribution is 14.1. The Morgan fingerprint density at radius 2 is 1.41 bits per heavy atom. The van der Waals surface area contributed by atoms with Crippen molar-refractivity contribution in [2.24, 2.45) is 0 Å².